The topological polar surface area (TPSA) is 54.7 Å². The molecule has 2 fully saturated rings. The number of aromatic nitrogens is 3. The van der Waals surface area contributed by atoms with E-state index in [2.05, 4.69) is 38.6 Å². The van der Waals surface area contributed by atoms with Gasteiger partial charge in [-0.25, -0.2) is 9.50 Å². The fourth-order valence-electron chi connectivity index (χ4n) is 2.95. The van der Waals surface area contributed by atoms with Crippen LogP contribution in [0.2, 0.25) is 0 Å². The first-order chi connectivity index (χ1) is 9.90. The average molecular weight is 273 g/mol. The van der Waals surface area contributed by atoms with Crippen LogP contribution in [-0.2, 0) is 4.74 Å². The largest absolute Gasteiger partial charge is 0.378 e. The van der Waals surface area contributed by atoms with Gasteiger partial charge in [0.15, 0.2) is 11.5 Å². The molecule has 6 heteroatoms. The normalized spacial score (nSPS) is 23.6. The van der Waals surface area contributed by atoms with E-state index in [0.29, 0.717) is 5.92 Å². The number of hydrogen-bond donors (Lipinski definition) is 1. The monoisotopic (exact) mass is 273 g/mol. The van der Waals surface area contributed by atoms with Crippen LogP contribution < -0.4 is 10.2 Å². The maximum Gasteiger partial charge on any atom is 0.156 e. The van der Waals surface area contributed by atoms with Gasteiger partial charge in [-0.3, -0.25) is 0 Å². The quantitative estimate of drug-likeness (QED) is 0.870. The number of anilines is 1. The second kappa shape index (κ2) is 5.03. The second-order valence-corrected chi connectivity index (χ2v) is 5.45. The molecule has 2 saturated heterocycles. The van der Waals surface area contributed by atoms with Crippen molar-refractivity contribution in [1.29, 1.82) is 0 Å². The molecule has 2 aromatic rings. The maximum atomic E-state index is 5.40. The van der Waals surface area contributed by atoms with E-state index in [-0.39, 0.29) is 0 Å². The first-order valence-electron chi connectivity index (χ1n) is 7.30. The van der Waals surface area contributed by atoms with Gasteiger partial charge in [-0.2, -0.15) is 5.10 Å². The minimum Gasteiger partial charge on any atom is -0.378 e. The van der Waals surface area contributed by atoms with E-state index in [4.69, 9.17) is 4.74 Å². The van der Waals surface area contributed by atoms with Gasteiger partial charge >= 0.3 is 0 Å². The predicted molar refractivity (Wildman–Crippen MR) is 76.2 cm³/mol. The van der Waals surface area contributed by atoms with Crippen LogP contribution in [0.5, 0.6) is 0 Å². The van der Waals surface area contributed by atoms with Crippen LogP contribution in [0.3, 0.4) is 0 Å². The Hall–Kier alpha value is -1.66. The lowest BCUT2D eigenvalue weighted by Gasteiger charge is -2.28. The molecule has 106 valence electrons. The van der Waals surface area contributed by atoms with Crippen molar-refractivity contribution in [1.82, 2.24) is 19.9 Å². The summed E-state index contributed by atoms with van der Waals surface area (Å²) in [6, 6.07) is 4.19. The van der Waals surface area contributed by atoms with Crippen LogP contribution in [0.25, 0.3) is 5.65 Å². The van der Waals surface area contributed by atoms with Crippen LogP contribution in [0.1, 0.15) is 18.2 Å². The summed E-state index contributed by atoms with van der Waals surface area (Å²) < 4.78 is 7.31. The third kappa shape index (κ3) is 2.14. The zero-order valence-corrected chi connectivity index (χ0v) is 11.5. The fraction of sp³-hybridized carbons (Fsp3) is 0.571. The number of fused-ring (bicyclic) bond motifs is 1. The SMILES string of the molecule is c1cc2nc(C3CCNC3)nn2cc1N1CCOCC1. The van der Waals surface area contributed by atoms with Crippen LogP contribution in [0.4, 0.5) is 5.69 Å². The standard InChI is InChI=1S/C14H19N5O/c1-2-13-16-14(11-3-4-15-9-11)17-19(13)10-12(1)18-5-7-20-8-6-18/h1-2,10-11,15H,3-9H2. The zero-order valence-electron chi connectivity index (χ0n) is 11.5. The van der Waals surface area contributed by atoms with E-state index >= 15 is 0 Å². The van der Waals surface area contributed by atoms with Gasteiger partial charge in [-0.05, 0) is 25.1 Å². The van der Waals surface area contributed by atoms with E-state index in [1.54, 1.807) is 0 Å². The average Bonchev–Trinajstić information content (AvgIpc) is 3.16. The number of rotatable bonds is 2. The van der Waals surface area contributed by atoms with Gasteiger partial charge in [0, 0.05) is 25.6 Å². The Labute approximate surface area is 117 Å². The van der Waals surface area contributed by atoms with Crippen molar-refractivity contribution in [2.24, 2.45) is 0 Å². The minimum absolute atomic E-state index is 0.460. The summed E-state index contributed by atoms with van der Waals surface area (Å²) in [5.41, 5.74) is 2.13. The fourth-order valence-corrected chi connectivity index (χ4v) is 2.95. The highest BCUT2D eigenvalue weighted by Gasteiger charge is 2.21. The van der Waals surface area contributed by atoms with E-state index in [9.17, 15) is 0 Å². The van der Waals surface area contributed by atoms with Crippen molar-refractivity contribution >= 4 is 11.3 Å². The number of pyridine rings is 1. The molecule has 0 amide bonds. The first-order valence-corrected chi connectivity index (χ1v) is 7.30. The Morgan fingerprint density at radius 3 is 2.95 bits per heavy atom. The van der Waals surface area contributed by atoms with Crippen LogP contribution in [0.15, 0.2) is 18.3 Å². The number of nitrogens with one attached hydrogen (secondary N) is 1. The van der Waals surface area contributed by atoms with Crippen molar-refractivity contribution in [2.75, 3.05) is 44.3 Å². The lowest BCUT2D eigenvalue weighted by atomic mass is 10.1. The summed E-state index contributed by atoms with van der Waals surface area (Å²) in [6.45, 7) is 5.55. The molecule has 20 heavy (non-hydrogen) atoms. The molecule has 4 heterocycles. The van der Waals surface area contributed by atoms with Crippen molar-refractivity contribution in [2.45, 2.75) is 12.3 Å². The molecule has 2 aliphatic rings. The highest BCUT2D eigenvalue weighted by Crippen LogP contribution is 2.21. The van der Waals surface area contributed by atoms with Gasteiger partial charge in [-0.1, -0.05) is 0 Å². The lowest BCUT2D eigenvalue weighted by Crippen LogP contribution is -2.36. The van der Waals surface area contributed by atoms with Gasteiger partial charge in [0.1, 0.15) is 0 Å². The molecule has 1 unspecified atom stereocenters. The van der Waals surface area contributed by atoms with Gasteiger partial charge in [-0.15, -0.1) is 0 Å². The molecule has 4 rings (SSSR count). The highest BCUT2D eigenvalue weighted by atomic mass is 16.5. The van der Waals surface area contributed by atoms with Gasteiger partial charge in [0.2, 0.25) is 0 Å². The second-order valence-electron chi connectivity index (χ2n) is 5.45. The van der Waals surface area contributed by atoms with E-state index in [0.717, 1.165) is 57.3 Å². The molecular formula is C14H19N5O. The molecule has 1 atom stereocenters. The lowest BCUT2D eigenvalue weighted by molar-refractivity contribution is 0.122. The molecule has 0 saturated carbocycles. The summed E-state index contributed by atoms with van der Waals surface area (Å²) in [6.07, 6.45) is 3.22. The number of nitrogens with zero attached hydrogens (tertiary/aromatic N) is 4. The molecule has 2 aliphatic heterocycles. The van der Waals surface area contributed by atoms with Crippen molar-refractivity contribution in [3.63, 3.8) is 0 Å². The Balaban J connectivity index is 1.64. The zero-order chi connectivity index (χ0) is 13.4. The van der Waals surface area contributed by atoms with E-state index in [1.165, 1.54) is 5.69 Å². The van der Waals surface area contributed by atoms with Crippen LogP contribution in [-0.4, -0.2) is 54.0 Å². The molecule has 0 radical (unpaired) electrons. The minimum atomic E-state index is 0.460. The summed E-state index contributed by atoms with van der Waals surface area (Å²) >= 11 is 0. The van der Waals surface area contributed by atoms with Gasteiger partial charge < -0.3 is 15.0 Å². The summed E-state index contributed by atoms with van der Waals surface area (Å²) in [4.78, 5) is 6.98. The molecule has 0 aliphatic carbocycles. The molecule has 2 aromatic heterocycles. The van der Waals surface area contributed by atoms with Crippen LogP contribution in [0, 0.1) is 0 Å². The van der Waals surface area contributed by atoms with E-state index < -0.39 is 0 Å². The maximum absolute atomic E-state index is 5.40. The van der Waals surface area contributed by atoms with Crippen molar-refractivity contribution < 1.29 is 4.74 Å². The Kier molecular flexibility index (Phi) is 3.05. The Morgan fingerprint density at radius 1 is 1.25 bits per heavy atom. The molecular weight excluding hydrogens is 254 g/mol. The van der Waals surface area contributed by atoms with Gasteiger partial charge in [0.25, 0.3) is 0 Å². The summed E-state index contributed by atoms with van der Waals surface area (Å²) in [7, 11) is 0. The third-order valence-electron chi connectivity index (χ3n) is 4.13. The first kappa shape index (κ1) is 12.1. The van der Waals surface area contributed by atoms with Crippen molar-refractivity contribution in [3.05, 3.63) is 24.2 Å². The number of ether oxygens (including phenoxy) is 1. The molecule has 1 N–H and O–H groups in total. The van der Waals surface area contributed by atoms with E-state index in [1.807, 2.05) is 4.52 Å². The molecule has 0 spiro atoms. The summed E-state index contributed by atoms with van der Waals surface area (Å²) in [5, 5.41) is 8.02. The predicted octanol–water partition coefficient (Wildman–Crippen LogP) is 0.643. The molecule has 0 aromatic carbocycles. The Bertz CT molecular complexity index is 599. The van der Waals surface area contributed by atoms with Crippen molar-refractivity contribution in [3.8, 4) is 0 Å². The van der Waals surface area contributed by atoms with Crippen LogP contribution >= 0.6 is 0 Å². The number of morpholine rings is 1. The highest BCUT2D eigenvalue weighted by molar-refractivity contribution is 5.51. The molecule has 6 nitrogen and oxygen atoms in total. The third-order valence-corrected chi connectivity index (χ3v) is 4.13. The summed E-state index contributed by atoms with van der Waals surface area (Å²) in [5.74, 6) is 1.43. The Morgan fingerprint density at radius 2 is 2.15 bits per heavy atom. The van der Waals surface area contributed by atoms with Gasteiger partial charge in [0.05, 0.1) is 25.1 Å². The molecule has 0 bridgehead atoms. The number of hydrogen-bond acceptors (Lipinski definition) is 5. The smallest absolute Gasteiger partial charge is 0.156 e.